The van der Waals surface area contributed by atoms with E-state index in [0.29, 0.717) is 18.0 Å². The van der Waals surface area contributed by atoms with Gasteiger partial charge in [0.15, 0.2) is 0 Å². The number of halogens is 2. The number of nitrogens with two attached hydrogens (primary N) is 1. The predicted octanol–water partition coefficient (Wildman–Crippen LogP) is 2.21. The van der Waals surface area contributed by atoms with Crippen LogP contribution in [0.25, 0.3) is 0 Å². The first kappa shape index (κ1) is 13.1. The largest absolute Gasteiger partial charge is 0.329 e. The predicted molar refractivity (Wildman–Crippen MR) is 61.0 cm³/mol. The Morgan fingerprint density at radius 1 is 1.19 bits per heavy atom. The van der Waals surface area contributed by atoms with Crippen molar-refractivity contribution in [1.29, 1.82) is 0 Å². The summed E-state index contributed by atoms with van der Waals surface area (Å²) in [5.74, 6) is -0.674. The average Bonchev–Trinajstić information content (AvgIpc) is 2.16. The van der Waals surface area contributed by atoms with Gasteiger partial charge < -0.3 is 11.1 Å². The highest BCUT2D eigenvalue weighted by Gasteiger charge is 2.11. The molecule has 0 spiro atoms. The highest BCUT2D eigenvalue weighted by molar-refractivity contribution is 5.21. The summed E-state index contributed by atoms with van der Waals surface area (Å²) in [7, 11) is 0. The van der Waals surface area contributed by atoms with E-state index in [1.807, 2.05) is 0 Å². The molecule has 0 amide bonds. The summed E-state index contributed by atoms with van der Waals surface area (Å²) in [5, 5.41) is 3.18. The van der Waals surface area contributed by atoms with Gasteiger partial charge in [0.25, 0.3) is 0 Å². The van der Waals surface area contributed by atoms with Crippen LogP contribution in [0.1, 0.15) is 25.5 Å². The van der Waals surface area contributed by atoms with Crippen molar-refractivity contribution < 1.29 is 8.78 Å². The standard InChI is InChI=1S/C12H18F2N2/c1-8(2)7-16-12(6-15)9-3-10(13)5-11(14)4-9/h3-5,8,12,16H,6-7,15H2,1-2H3. The molecule has 0 heterocycles. The molecule has 1 aromatic rings. The molecule has 0 saturated carbocycles. The third-order valence-corrected chi connectivity index (χ3v) is 2.30. The van der Waals surface area contributed by atoms with Crippen LogP contribution in [-0.4, -0.2) is 13.1 Å². The maximum absolute atomic E-state index is 13.0. The van der Waals surface area contributed by atoms with Crippen molar-refractivity contribution in [2.24, 2.45) is 11.7 Å². The van der Waals surface area contributed by atoms with Crippen LogP contribution in [0.4, 0.5) is 8.78 Å². The van der Waals surface area contributed by atoms with Gasteiger partial charge in [-0.1, -0.05) is 13.8 Å². The summed E-state index contributed by atoms with van der Waals surface area (Å²) in [5.41, 5.74) is 6.14. The first-order chi connectivity index (χ1) is 7.52. The summed E-state index contributed by atoms with van der Waals surface area (Å²) in [6, 6.07) is 3.29. The van der Waals surface area contributed by atoms with E-state index < -0.39 is 11.6 Å². The van der Waals surface area contributed by atoms with Gasteiger partial charge in [-0.2, -0.15) is 0 Å². The Bertz CT molecular complexity index is 320. The van der Waals surface area contributed by atoms with Gasteiger partial charge in [-0.05, 0) is 30.2 Å². The van der Waals surface area contributed by atoms with E-state index in [-0.39, 0.29) is 6.04 Å². The Hall–Kier alpha value is -1.00. The highest BCUT2D eigenvalue weighted by atomic mass is 19.1. The quantitative estimate of drug-likeness (QED) is 0.811. The third kappa shape index (κ3) is 3.87. The lowest BCUT2D eigenvalue weighted by Gasteiger charge is -2.18. The SMILES string of the molecule is CC(C)CNC(CN)c1cc(F)cc(F)c1. The van der Waals surface area contributed by atoms with Gasteiger partial charge >= 0.3 is 0 Å². The van der Waals surface area contributed by atoms with Crippen molar-refractivity contribution in [3.63, 3.8) is 0 Å². The Balaban J connectivity index is 2.78. The molecule has 3 N–H and O–H groups in total. The second-order valence-corrected chi connectivity index (χ2v) is 4.29. The minimum Gasteiger partial charge on any atom is -0.329 e. The first-order valence-corrected chi connectivity index (χ1v) is 5.42. The Labute approximate surface area is 94.8 Å². The van der Waals surface area contributed by atoms with E-state index in [4.69, 9.17) is 5.73 Å². The summed E-state index contributed by atoms with van der Waals surface area (Å²) < 4.78 is 26.0. The van der Waals surface area contributed by atoms with E-state index >= 15 is 0 Å². The molecule has 1 aromatic carbocycles. The Morgan fingerprint density at radius 3 is 2.19 bits per heavy atom. The molecule has 0 aromatic heterocycles. The third-order valence-electron chi connectivity index (χ3n) is 2.30. The van der Waals surface area contributed by atoms with E-state index in [1.54, 1.807) is 0 Å². The Morgan fingerprint density at radius 2 is 1.75 bits per heavy atom. The maximum Gasteiger partial charge on any atom is 0.126 e. The number of rotatable bonds is 5. The van der Waals surface area contributed by atoms with Crippen LogP contribution in [0.2, 0.25) is 0 Å². The van der Waals surface area contributed by atoms with Crippen molar-refractivity contribution in [1.82, 2.24) is 5.32 Å². The molecule has 16 heavy (non-hydrogen) atoms. The molecular weight excluding hydrogens is 210 g/mol. The molecule has 1 rings (SSSR count). The minimum atomic E-state index is -0.570. The van der Waals surface area contributed by atoms with Crippen LogP contribution < -0.4 is 11.1 Å². The van der Waals surface area contributed by atoms with Crippen LogP contribution in [0.5, 0.6) is 0 Å². The molecule has 0 fully saturated rings. The lowest BCUT2D eigenvalue weighted by Crippen LogP contribution is -2.31. The topological polar surface area (TPSA) is 38.0 Å². The van der Waals surface area contributed by atoms with Crippen molar-refractivity contribution in [3.05, 3.63) is 35.4 Å². The lowest BCUT2D eigenvalue weighted by molar-refractivity contribution is 0.474. The van der Waals surface area contributed by atoms with Crippen LogP contribution in [0.3, 0.4) is 0 Å². The summed E-state index contributed by atoms with van der Waals surface area (Å²) in [6.45, 7) is 5.20. The fraction of sp³-hybridized carbons (Fsp3) is 0.500. The summed E-state index contributed by atoms with van der Waals surface area (Å²) >= 11 is 0. The fourth-order valence-corrected chi connectivity index (χ4v) is 1.49. The van der Waals surface area contributed by atoms with Crippen molar-refractivity contribution in [2.75, 3.05) is 13.1 Å². The number of hydrogen-bond donors (Lipinski definition) is 2. The molecule has 0 saturated heterocycles. The minimum absolute atomic E-state index is 0.201. The van der Waals surface area contributed by atoms with E-state index in [0.717, 1.165) is 12.6 Å². The highest BCUT2D eigenvalue weighted by Crippen LogP contribution is 2.15. The van der Waals surface area contributed by atoms with Crippen LogP contribution in [0.15, 0.2) is 18.2 Å². The molecule has 0 aliphatic carbocycles. The number of benzene rings is 1. The molecule has 0 aliphatic heterocycles. The van der Waals surface area contributed by atoms with Gasteiger partial charge in [-0.25, -0.2) is 8.78 Å². The molecule has 1 unspecified atom stereocenters. The number of hydrogen-bond acceptors (Lipinski definition) is 2. The van der Waals surface area contributed by atoms with Gasteiger partial charge in [0.05, 0.1) is 0 Å². The van der Waals surface area contributed by atoms with Crippen molar-refractivity contribution >= 4 is 0 Å². The Kier molecular flexibility index (Phi) is 4.83. The van der Waals surface area contributed by atoms with Crippen molar-refractivity contribution in [2.45, 2.75) is 19.9 Å². The normalized spacial score (nSPS) is 13.1. The molecule has 90 valence electrons. The molecule has 2 nitrogen and oxygen atoms in total. The lowest BCUT2D eigenvalue weighted by atomic mass is 10.1. The molecule has 0 aliphatic rings. The smallest absolute Gasteiger partial charge is 0.126 e. The van der Waals surface area contributed by atoms with E-state index in [2.05, 4.69) is 19.2 Å². The van der Waals surface area contributed by atoms with Gasteiger partial charge in [-0.3, -0.25) is 0 Å². The van der Waals surface area contributed by atoms with E-state index in [9.17, 15) is 8.78 Å². The van der Waals surface area contributed by atoms with Crippen LogP contribution in [0, 0.1) is 17.6 Å². The van der Waals surface area contributed by atoms with Gasteiger partial charge in [0.2, 0.25) is 0 Å². The summed E-state index contributed by atoms with van der Waals surface area (Å²) in [6.07, 6.45) is 0. The monoisotopic (exact) mass is 228 g/mol. The summed E-state index contributed by atoms with van der Waals surface area (Å²) in [4.78, 5) is 0. The molecule has 4 heteroatoms. The maximum atomic E-state index is 13.0. The van der Waals surface area contributed by atoms with Gasteiger partial charge in [0.1, 0.15) is 11.6 Å². The van der Waals surface area contributed by atoms with Gasteiger partial charge in [0, 0.05) is 18.7 Å². The van der Waals surface area contributed by atoms with Crippen LogP contribution in [-0.2, 0) is 0 Å². The fourth-order valence-electron chi connectivity index (χ4n) is 1.49. The zero-order valence-electron chi connectivity index (χ0n) is 9.63. The molecule has 1 atom stereocenters. The van der Waals surface area contributed by atoms with Crippen LogP contribution >= 0.6 is 0 Å². The van der Waals surface area contributed by atoms with Crippen molar-refractivity contribution in [3.8, 4) is 0 Å². The molecule has 0 bridgehead atoms. The second kappa shape index (κ2) is 5.92. The molecule has 0 radical (unpaired) electrons. The zero-order chi connectivity index (χ0) is 12.1. The first-order valence-electron chi connectivity index (χ1n) is 5.42. The average molecular weight is 228 g/mol. The van der Waals surface area contributed by atoms with E-state index in [1.165, 1.54) is 12.1 Å². The van der Waals surface area contributed by atoms with Gasteiger partial charge in [-0.15, -0.1) is 0 Å². The molecular formula is C12H18F2N2. The second-order valence-electron chi connectivity index (χ2n) is 4.29. The zero-order valence-corrected chi connectivity index (χ0v) is 9.63. The number of nitrogens with one attached hydrogen (secondary N) is 1.